The van der Waals surface area contributed by atoms with Crippen molar-refractivity contribution in [3.63, 3.8) is 0 Å². The number of pyridine rings is 1. The zero-order valence-corrected chi connectivity index (χ0v) is 11.7. The highest BCUT2D eigenvalue weighted by Crippen LogP contribution is 2.24. The van der Waals surface area contributed by atoms with Crippen LogP contribution in [0.25, 0.3) is 0 Å². The third-order valence-electron chi connectivity index (χ3n) is 2.64. The van der Waals surface area contributed by atoms with Crippen molar-refractivity contribution in [1.29, 1.82) is 0 Å². The second-order valence-corrected chi connectivity index (χ2v) is 4.52. The van der Waals surface area contributed by atoms with Crippen LogP contribution in [0.4, 0.5) is 27.6 Å². The van der Waals surface area contributed by atoms with Crippen LogP contribution in [0, 0.1) is 11.6 Å². The second kappa shape index (κ2) is 6.69. The van der Waals surface area contributed by atoms with Gasteiger partial charge in [-0.2, -0.15) is 13.2 Å². The lowest BCUT2D eigenvalue weighted by Crippen LogP contribution is -2.19. The summed E-state index contributed by atoms with van der Waals surface area (Å²) in [5, 5.41) is 11.6. The average Bonchev–Trinajstić information content (AvgIpc) is 2.44. The Bertz CT molecular complexity index is 724. The van der Waals surface area contributed by atoms with Crippen LogP contribution in [-0.4, -0.2) is 28.8 Å². The summed E-state index contributed by atoms with van der Waals surface area (Å²) in [6.07, 6.45) is -3.55. The first-order valence-electron chi connectivity index (χ1n) is 6.30. The van der Waals surface area contributed by atoms with E-state index in [-0.39, 0.29) is 11.6 Å². The third kappa shape index (κ3) is 4.54. The summed E-state index contributed by atoms with van der Waals surface area (Å²) in [4.78, 5) is 15.4. The van der Waals surface area contributed by atoms with E-state index in [1.165, 1.54) is 0 Å². The summed E-state index contributed by atoms with van der Waals surface area (Å²) in [6, 6.07) is 3.20. The van der Waals surface area contributed by atoms with Gasteiger partial charge in [0.1, 0.15) is 22.9 Å². The lowest BCUT2D eigenvalue weighted by atomic mass is 10.1. The largest absolute Gasteiger partial charge is 0.507 e. The van der Waals surface area contributed by atoms with Crippen molar-refractivity contribution in [1.82, 2.24) is 4.98 Å². The molecule has 24 heavy (non-hydrogen) atoms. The Morgan fingerprint density at radius 3 is 2.50 bits per heavy atom. The number of amides is 1. The van der Waals surface area contributed by atoms with Gasteiger partial charge in [-0.1, -0.05) is 0 Å². The Hall–Kier alpha value is -2.91. The van der Waals surface area contributed by atoms with Crippen LogP contribution >= 0.6 is 0 Å². The maximum absolute atomic E-state index is 13.5. The van der Waals surface area contributed by atoms with Gasteiger partial charge < -0.3 is 15.2 Å². The Morgan fingerprint density at radius 2 is 1.96 bits per heavy atom. The molecule has 0 bridgehead atoms. The molecule has 0 fully saturated rings. The van der Waals surface area contributed by atoms with Crippen LogP contribution in [0.2, 0.25) is 0 Å². The van der Waals surface area contributed by atoms with E-state index >= 15 is 0 Å². The van der Waals surface area contributed by atoms with E-state index in [1.807, 2.05) is 0 Å². The standard InChI is InChI=1S/C14H9F5N2O3/c15-7-3-9(16)12(10(22)4-7)13(23)21-8-1-2-11(20-5-8)24-6-14(17,18)19/h1-5,22H,6H2,(H,21,23). The topological polar surface area (TPSA) is 71.5 Å². The molecular weight excluding hydrogens is 339 g/mol. The molecular formula is C14H9F5N2O3. The maximum atomic E-state index is 13.5. The van der Waals surface area contributed by atoms with Gasteiger partial charge in [0.2, 0.25) is 5.88 Å². The van der Waals surface area contributed by atoms with E-state index in [9.17, 15) is 31.9 Å². The van der Waals surface area contributed by atoms with Crippen LogP contribution < -0.4 is 10.1 Å². The van der Waals surface area contributed by atoms with Crippen molar-refractivity contribution in [2.24, 2.45) is 0 Å². The molecule has 0 saturated carbocycles. The van der Waals surface area contributed by atoms with Gasteiger partial charge in [0, 0.05) is 18.2 Å². The monoisotopic (exact) mass is 348 g/mol. The van der Waals surface area contributed by atoms with Crippen LogP contribution in [-0.2, 0) is 0 Å². The number of ether oxygens (including phenoxy) is 1. The van der Waals surface area contributed by atoms with E-state index < -0.39 is 41.6 Å². The Labute approximate surface area is 131 Å². The number of aromatic hydroxyl groups is 1. The number of nitrogens with zero attached hydrogens (tertiary/aromatic N) is 1. The van der Waals surface area contributed by atoms with Gasteiger partial charge in [-0.3, -0.25) is 4.79 Å². The molecule has 10 heteroatoms. The number of halogens is 5. The molecule has 0 radical (unpaired) electrons. The molecule has 0 atom stereocenters. The van der Waals surface area contributed by atoms with E-state index in [2.05, 4.69) is 15.0 Å². The molecule has 1 amide bonds. The first-order valence-corrected chi connectivity index (χ1v) is 6.30. The molecule has 0 unspecified atom stereocenters. The van der Waals surface area contributed by atoms with Gasteiger partial charge >= 0.3 is 6.18 Å². The van der Waals surface area contributed by atoms with Gasteiger partial charge in [-0.05, 0) is 6.07 Å². The van der Waals surface area contributed by atoms with Crippen molar-refractivity contribution in [3.05, 3.63) is 47.7 Å². The molecule has 5 nitrogen and oxygen atoms in total. The Morgan fingerprint density at radius 1 is 1.25 bits per heavy atom. The number of alkyl halides is 3. The molecule has 0 aliphatic rings. The van der Waals surface area contributed by atoms with Gasteiger partial charge in [0.15, 0.2) is 6.61 Å². The number of rotatable bonds is 4. The summed E-state index contributed by atoms with van der Waals surface area (Å²) in [7, 11) is 0. The first-order chi connectivity index (χ1) is 11.2. The van der Waals surface area contributed by atoms with Crippen molar-refractivity contribution in [2.45, 2.75) is 6.18 Å². The number of benzene rings is 1. The number of anilines is 1. The molecule has 0 spiro atoms. The molecule has 1 aromatic heterocycles. The van der Waals surface area contributed by atoms with Crippen molar-refractivity contribution >= 4 is 11.6 Å². The summed E-state index contributed by atoms with van der Waals surface area (Å²) in [5.74, 6) is -4.66. The first kappa shape index (κ1) is 17.4. The fourth-order valence-corrected chi connectivity index (χ4v) is 1.67. The highest BCUT2D eigenvalue weighted by molar-refractivity contribution is 6.06. The zero-order chi connectivity index (χ0) is 17.9. The number of phenolic OH excluding ortho intramolecular Hbond substituents is 1. The van der Waals surface area contributed by atoms with Gasteiger partial charge in [0.25, 0.3) is 5.91 Å². The lowest BCUT2D eigenvalue weighted by molar-refractivity contribution is -0.154. The van der Waals surface area contributed by atoms with Crippen LogP contribution in [0.1, 0.15) is 10.4 Å². The van der Waals surface area contributed by atoms with Gasteiger partial charge in [-0.15, -0.1) is 0 Å². The van der Waals surface area contributed by atoms with Crippen molar-refractivity contribution in [3.8, 4) is 11.6 Å². The molecule has 2 N–H and O–H groups in total. The fraction of sp³-hybridized carbons (Fsp3) is 0.143. The van der Waals surface area contributed by atoms with E-state index in [0.717, 1.165) is 18.3 Å². The summed E-state index contributed by atoms with van der Waals surface area (Å²) >= 11 is 0. The molecule has 0 aliphatic heterocycles. The molecule has 2 aromatic rings. The normalized spacial score (nSPS) is 11.2. The van der Waals surface area contributed by atoms with Gasteiger partial charge in [0.05, 0.1) is 11.9 Å². The smallest absolute Gasteiger partial charge is 0.422 e. The number of nitrogens with one attached hydrogen (secondary N) is 1. The molecule has 1 aromatic carbocycles. The minimum Gasteiger partial charge on any atom is -0.507 e. The SMILES string of the molecule is O=C(Nc1ccc(OCC(F)(F)F)nc1)c1c(O)cc(F)cc1F. The maximum Gasteiger partial charge on any atom is 0.422 e. The minimum absolute atomic E-state index is 0.00230. The lowest BCUT2D eigenvalue weighted by Gasteiger charge is -2.10. The minimum atomic E-state index is -4.52. The number of carbonyl (C=O) groups is 1. The summed E-state index contributed by atoms with van der Waals surface area (Å²) < 4.78 is 66.7. The van der Waals surface area contributed by atoms with E-state index in [4.69, 9.17) is 0 Å². The number of hydrogen-bond donors (Lipinski definition) is 2. The van der Waals surface area contributed by atoms with Gasteiger partial charge in [-0.25, -0.2) is 13.8 Å². The summed E-state index contributed by atoms with van der Waals surface area (Å²) in [5.41, 5.74) is -0.781. The second-order valence-electron chi connectivity index (χ2n) is 4.52. The predicted octanol–water partition coefficient (Wildman–Crippen LogP) is 3.26. The predicted molar refractivity (Wildman–Crippen MR) is 71.8 cm³/mol. The van der Waals surface area contributed by atoms with Crippen molar-refractivity contribution in [2.75, 3.05) is 11.9 Å². The molecule has 0 saturated heterocycles. The third-order valence-corrected chi connectivity index (χ3v) is 2.64. The van der Waals surface area contributed by atoms with E-state index in [0.29, 0.717) is 12.1 Å². The van der Waals surface area contributed by atoms with Crippen LogP contribution in [0.3, 0.4) is 0 Å². The number of aromatic nitrogens is 1. The van der Waals surface area contributed by atoms with Crippen LogP contribution in [0.15, 0.2) is 30.5 Å². The van der Waals surface area contributed by atoms with Crippen LogP contribution in [0.5, 0.6) is 11.6 Å². The molecule has 1 heterocycles. The quantitative estimate of drug-likeness (QED) is 0.832. The van der Waals surface area contributed by atoms with Crippen molar-refractivity contribution < 1.29 is 36.6 Å². The highest BCUT2D eigenvalue weighted by atomic mass is 19.4. The van der Waals surface area contributed by atoms with E-state index in [1.54, 1.807) is 0 Å². The Kier molecular flexibility index (Phi) is 4.86. The number of hydrogen-bond acceptors (Lipinski definition) is 4. The zero-order valence-electron chi connectivity index (χ0n) is 11.7. The number of phenols is 1. The number of carbonyl (C=O) groups excluding carboxylic acids is 1. The molecule has 128 valence electrons. The average molecular weight is 348 g/mol. The molecule has 2 rings (SSSR count). The highest BCUT2D eigenvalue weighted by Gasteiger charge is 2.28. The molecule has 0 aliphatic carbocycles. The Balaban J connectivity index is 2.08. The summed E-state index contributed by atoms with van der Waals surface area (Å²) in [6.45, 7) is -1.53. The fourth-order valence-electron chi connectivity index (χ4n) is 1.67.